The second kappa shape index (κ2) is 4.80. The molecule has 0 atom stereocenters. The summed E-state index contributed by atoms with van der Waals surface area (Å²) < 4.78 is 0. The van der Waals surface area contributed by atoms with Gasteiger partial charge in [-0.25, -0.2) is 9.59 Å². The molecule has 0 aromatic rings. The van der Waals surface area contributed by atoms with E-state index < -0.39 is 17.6 Å². The molecule has 0 aliphatic carbocycles. The highest BCUT2D eigenvalue weighted by molar-refractivity contribution is 5.92. The van der Waals surface area contributed by atoms with Crippen LogP contribution in [0.3, 0.4) is 0 Å². The number of hydrogen-bond donors (Lipinski definition) is 3. The number of aliphatic hydroxyl groups is 1. The lowest BCUT2D eigenvalue weighted by atomic mass is 10.1. The summed E-state index contributed by atoms with van der Waals surface area (Å²) in [7, 11) is 0. The van der Waals surface area contributed by atoms with Gasteiger partial charge in [-0.2, -0.15) is 0 Å². The maximum absolute atomic E-state index is 11.4. The van der Waals surface area contributed by atoms with Gasteiger partial charge in [0.1, 0.15) is 0 Å². The highest BCUT2D eigenvalue weighted by Gasteiger charge is 2.26. The number of hydrogen-bond acceptors (Lipinski definition) is 3. The van der Waals surface area contributed by atoms with E-state index in [1.54, 1.807) is 20.8 Å². The molecule has 0 unspecified atom stereocenters. The zero-order valence-electron chi connectivity index (χ0n) is 8.70. The Morgan fingerprint density at radius 2 is 1.93 bits per heavy atom. The maximum Gasteiger partial charge on any atom is 0.325 e. The lowest BCUT2D eigenvalue weighted by Crippen LogP contribution is -2.53. The number of urea groups is 2. The van der Waals surface area contributed by atoms with E-state index in [0.29, 0.717) is 0 Å². The Bertz CT molecular complexity index is 222. The molecule has 6 nitrogen and oxygen atoms in total. The number of carbonyl (C=O) groups excluding carboxylic acids is 2. The summed E-state index contributed by atoms with van der Waals surface area (Å²) >= 11 is 0. The van der Waals surface area contributed by atoms with E-state index in [-0.39, 0.29) is 13.2 Å². The quantitative estimate of drug-likeness (QED) is 0.583. The molecule has 0 aromatic carbocycles. The predicted octanol–water partition coefficient (Wildman–Crippen LogP) is -0.132. The molecule has 0 rings (SSSR count). The number of imide groups is 1. The molecule has 0 saturated carbocycles. The average molecular weight is 203 g/mol. The number of β-amino-alcohol motifs (C(OH)–C–C–N with tert-alkyl or cyclic N) is 1. The zero-order chi connectivity index (χ0) is 11.4. The van der Waals surface area contributed by atoms with Crippen molar-refractivity contribution in [3.05, 3.63) is 0 Å². The molecule has 0 heterocycles. The minimum Gasteiger partial charge on any atom is -0.395 e. The first kappa shape index (κ1) is 12.7. The van der Waals surface area contributed by atoms with Gasteiger partial charge in [0.15, 0.2) is 0 Å². The molecule has 0 fully saturated rings. The number of nitrogens with zero attached hydrogens (tertiary/aromatic N) is 1. The SMILES string of the molecule is CC(C)(C)N(CCO)C(=O)NC(N)=O. The second-order valence-corrected chi connectivity index (χ2v) is 3.84. The van der Waals surface area contributed by atoms with E-state index in [4.69, 9.17) is 10.8 Å². The number of nitrogens with one attached hydrogen (secondary N) is 1. The normalized spacial score (nSPS) is 10.9. The minimum absolute atomic E-state index is 0.155. The molecule has 0 aliphatic rings. The third kappa shape index (κ3) is 4.08. The molecule has 82 valence electrons. The Kier molecular flexibility index (Phi) is 4.36. The minimum atomic E-state index is -0.901. The predicted molar refractivity (Wildman–Crippen MR) is 51.7 cm³/mol. The van der Waals surface area contributed by atoms with Crippen molar-refractivity contribution in [1.82, 2.24) is 10.2 Å². The number of primary amides is 1. The van der Waals surface area contributed by atoms with Crippen LogP contribution in [0.25, 0.3) is 0 Å². The molecule has 4 N–H and O–H groups in total. The fourth-order valence-electron chi connectivity index (χ4n) is 1.01. The van der Waals surface area contributed by atoms with Gasteiger partial charge in [-0.1, -0.05) is 0 Å². The average Bonchev–Trinajstić information content (AvgIpc) is 1.96. The van der Waals surface area contributed by atoms with Crippen molar-refractivity contribution < 1.29 is 14.7 Å². The third-order valence-electron chi connectivity index (χ3n) is 1.61. The highest BCUT2D eigenvalue weighted by atomic mass is 16.3. The van der Waals surface area contributed by atoms with Gasteiger partial charge in [-0.15, -0.1) is 0 Å². The van der Waals surface area contributed by atoms with Crippen LogP contribution in [0.1, 0.15) is 20.8 Å². The van der Waals surface area contributed by atoms with Gasteiger partial charge < -0.3 is 15.7 Å². The second-order valence-electron chi connectivity index (χ2n) is 3.84. The standard InChI is InChI=1S/C8H17N3O3/c1-8(2,3)11(4-5-12)7(14)10-6(9)13/h12H,4-5H2,1-3H3,(H3,9,10,13,14). The van der Waals surface area contributed by atoms with E-state index in [0.717, 1.165) is 0 Å². The van der Waals surface area contributed by atoms with Crippen molar-refractivity contribution in [2.75, 3.05) is 13.2 Å². The number of nitrogens with two attached hydrogens (primary N) is 1. The number of carbonyl (C=O) groups is 2. The van der Waals surface area contributed by atoms with Gasteiger partial charge in [-0.3, -0.25) is 5.32 Å². The number of aliphatic hydroxyl groups excluding tert-OH is 1. The van der Waals surface area contributed by atoms with Crippen LogP contribution in [-0.2, 0) is 0 Å². The van der Waals surface area contributed by atoms with Crippen molar-refractivity contribution >= 4 is 12.1 Å². The van der Waals surface area contributed by atoms with Gasteiger partial charge in [0.25, 0.3) is 0 Å². The zero-order valence-corrected chi connectivity index (χ0v) is 8.70. The van der Waals surface area contributed by atoms with Gasteiger partial charge >= 0.3 is 12.1 Å². The first-order chi connectivity index (χ1) is 6.29. The Labute approximate surface area is 83.1 Å². The fourth-order valence-corrected chi connectivity index (χ4v) is 1.01. The van der Waals surface area contributed by atoms with E-state index in [2.05, 4.69) is 0 Å². The van der Waals surface area contributed by atoms with Crippen LogP contribution < -0.4 is 11.1 Å². The molecule has 14 heavy (non-hydrogen) atoms. The summed E-state index contributed by atoms with van der Waals surface area (Å²) in [4.78, 5) is 23.2. The molecule has 6 heteroatoms. The molecule has 0 bridgehead atoms. The number of amides is 4. The van der Waals surface area contributed by atoms with E-state index in [9.17, 15) is 9.59 Å². The van der Waals surface area contributed by atoms with Crippen molar-refractivity contribution in [1.29, 1.82) is 0 Å². The molecular formula is C8H17N3O3. The lowest BCUT2D eigenvalue weighted by Gasteiger charge is -2.34. The number of rotatable bonds is 2. The topological polar surface area (TPSA) is 95.7 Å². The molecular weight excluding hydrogens is 186 g/mol. The van der Waals surface area contributed by atoms with Crippen LogP contribution in [0.4, 0.5) is 9.59 Å². The molecule has 4 amide bonds. The summed E-state index contributed by atoms with van der Waals surface area (Å²) in [5, 5.41) is 10.7. The molecule has 0 aromatic heterocycles. The smallest absolute Gasteiger partial charge is 0.325 e. The molecule has 0 radical (unpaired) electrons. The van der Waals surface area contributed by atoms with Gasteiger partial charge in [0.05, 0.1) is 6.61 Å². The Morgan fingerprint density at radius 3 is 2.21 bits per heavy atom. The van der Waals surface area contributed by atoms with Crippen LogP contribution in [-0.4, -0.2) is 40.8 Å². The van der Waals surface area contributed by atoms with Crippen LogP contribution in [0, 0.1) is 0 Å². The highest BCUT2D eigenvalue weighted by Crippen LogP contribution is 2.12. The first-order valence-electron chi connectivity index (χ1n) is 4.28. The van der Waals surface area contributed by atoms with Crippen LogP contribution in [0.2, 0.25) is 0 Å². The van der Waals surface area contributed by atoms with Crippen LogP contribution in [0.15, 0.2) is 0 Å². The largest absolute Gasteiger partial charge is 0.395 e. The van der Waals surface area contributed by atoms with Crippen LogP contribution >= 0.6 is 0 Å². The Balaban J connectivity index is 4.49. The van der Waals surface area contributed by atoms with Gasteiger partial charge in [-0.05, 0) is 20.8 Å². The summed E-state index contributed by atoms with van der Waals surface area (Å²) in [6, 6.07) is -1.50. The summed E-state index contributed by atoms with van der Waals surface area (Å²) in [6.07, 6.45) is 0. The molecule has 0 saturated heterocycles. The summed E-state index contributed by atoms with van der Waals surface area (Å²) in [5.41, 5.74) is 4.34. The van der Waals surface area contributed by atoms with E-state index >= 15 is 0 Å². The monoisotopic (exact) mass is 203 g/mol. The third-order valence-corrected chi connectivity index (χ3v) is 1.61. The fraction of sp³-hybridized carbons (Fsp3) is 0.750. The van der Waals surface area contributed by atoms with Gasteiger partial charge in [0, 0.05) is 12.1 Å². The molecule has 0 spiro atoms. The van der Waals surface area contributed by atoms with Crippen molar-refractivity contribution in [3.63, 3.8) is 0 Å². The summed E-state index contributed by atoms with van der Waals surface area (Å²) in [5.74, 6) is 0. The van der Waals surface area contributed by atoms with Crippen molar-refractivity contribution in [3.8, 4) is 0 Å². The first-order valence-corrected chi connectivity index (χ1v) is 4.28. The Hall–Kier alpha value is -1.30. The lowest BCUT2D eigenvalue weighted by molar-refractivity contribution is 0.125. The van der Waals surface area contributed by atoms with Crippen LogP contribution in [0.5, 0.6) is 0 Å². The van der Waals surface area contributed by atoms with Crippen molar-refractivity contribution in [2.45, 2.75) is 26.3 Å². The van der Waals surface area contributed by atoms with Crippen molar-refractivity contribution in [2.24, 2.45) is 5.73 Å². The van der Waals surface area contributed by atoms with Gasteiger partial charge in [0.2, 0.25) is 0 Å². The Morgan fingerprint density at radius 1 is 1.43 bits per heavy atom. The summed E-state index contributed by atoms with van der Waals surface area (Å²) in [6.45, 7) is 5.38. The molecule has 0 aliphatic heterocycles. The maximum atomic E-state index is 11.4. The van der Waals surface area contributed by atoms with E-state index in [1.165, 1.54) is 4.90 Å². The van der Waals surface area contributed by atoms with E-state index in [1.807, 2.05) is 5.32 Å².